The van der Waals surface area contributed by atoms with Crippen LogP contribution in [0.5, 0.6) is 0 Å². The van der Waals surface area contributed by atoms with Crippen molar-refractivity contribution in [2.24, 2.45) is 0 Å². The van der Waals surface area contributed by atoms with Gasteiger partial charge in [0.15, 0.2) is 5.78 Å². The van der Waals surface area contributed by atoms with E-state index in [0.29, 0.717) is 0 Å². The second-order valence-corrected chi connectivity index (χ2v) is 6.39. The van der Waals surface area contributed by atoms with Gasteiger partial charge in [0, 0.05) is 6.42 Å². The summed E-state index contributed by atoms with van der Waals surface area (Å²) in [5.74, 6) is -3.01. The fourth-order valence-corrected chi connectivity index (χ4v) is 3.70. The topological polar surface area (TPSA) is 150 Å². The van der Waals surface area contributed by atoms with Crippen molar-refractivity contribution in [3.8, 4) is 0 Å². The molecule has 0 aromatic heterocycles. The van der Waals surface area contributed by atoms with Gasteiger partial charge in [-0.25, -0.2) is 0 Å². The summed E-state index contributed by atoms with van der Waals surface area (Å²) in [6.45, 7) is -0.407. The van der Waals surface area contributed by atoms with Crippen molar-refractivity contribution in [2.75, 3.05) is 20.7 Å². The van der Waals surface area contributed by atoms with Crippen molar-refractivity contribution in [3.05, 3.63) is 0 Å². The van der Waals surface area contributed by atoms with Gasteiger partial charge in [0.05, 0.1) is 30.9 Å². The van der Waals surface area contributed by atoms with Crippen LogP contribution in [0.25, 0.3) is 0 Å². The molecule has 2 heterocycles. The summed E-state index contributed by atoms with van der Waals surface area (Å²) in [5, 5.41) is 46.4. The second kappa shape index (κ2) is 6.56. The highest BCUT2D eigenvalue weighted by Gasteiger charge is 2.63. The van der Waals surface area contributed by atoms with Crippen LogP contribution in [-0.4, -0.2) is 102 Å². The van der Waals surface area contributed by atoms with E-state index >= 15 is 0 Å². The number of ketones is 1. The Balaban J connectivity index is 1.91. The predicted molar refractivity (Wildman–Crippen MR) is 77.8 cm³/mol. The minimum Gasteiger partial charge on any atom is -0.394 e. The van der Waals surface area contributed by atoms with Gasteiger partial charge in [0.1, 0.15) is 18.3 Å². The molecular weight excluding hydrogens is 324 g/mol. The fourth-order valence-electron chi connectivity index (χ4n) is 3.70. The maximum Gasteiger partial charge on any atom is 0.280 e. The first-order valence-electron chi connectivity index (χ1n) is 7.93. The third-order valence-corrected chi connectivity index (χ3v) is 5.03. The summed E-state index contributed by atoms with van der Waals surface area (Å²) in [6.07, 6.45) is -6.60. The van der Waals surface area contributed by atoms with Gasteiger partial charge in [-0.2, -0.15) is 0 Å². The zero-order valence-corrected chi connectivity index (χ0v) is 13.5. The average molecular weight is 348 g/mol. The first-order valence-corrected chi connectivity index (χ1v) is 7.93. The number of nitrogens with one attached hydrogen (secondary N) is 2. The highest BCUT2D eigenvalue weighted by Crippen LogP contribution is 2.40. The Hall–Kier alpha value is -0.690. The molecule has 10 heteroatoms. The molecule has 0 unspecified atom stereocenters. The Morgan fingerprint density at radius 2 is 1.79 bits per heavy atom. The van der Waals surface area contributed by atoms with E-state index in [4.69, 9.17) is 14.2 Å². The summed E-state index contributed by atoms with van der Waals surface area (Å²) in [5.41, 5.74) is 0. The number of hydrogen-bond acceptors (Lipinski definition) is 10. The van der Waals surface area contributed by atoms with Gasteiger partial charge < -0.3 is 45.3 Å². The van der Waals surface area contributed by atoms with Crippen molar-refractivity contribution in [1.29, 1.82) is 0 Å². The van der Waals surface area contributed by atoms with Gasteiger partial charge in [0.25, 0.3) is 5.79 Å². The van der Waals surface area contributed by atoms with Gasteiger partial charge in [-0.1, -0.05) is 0 Å². The number of aliphatic hydroxyl groups is 4. The van der Waals surface area contributed by atoms with Crippen LogP contribution >= 0.6 is 0 Å². The fraction of sp³-hybridized carbons (Fsp3) is 0.929. The molecule has 6 N–H and O–H groups in total. The molecule has 10 nitrogen and oxygen atoms in total. The number of carbonyl (C=O) groups excluding carboxylic acids is 1. The van der Waals surface area contributed by atoms with E-state index in [2.05, 4.69) is 10.6 Å². The van der Waals surface area contributed by atoms with Crippen molar-refractivity contribution in [1.82, 2.24) is 10.6 Å². The Morgan fingerprint density at radius 1 is 1.12 bits per heavy atom. The van der Waals surface area contributed by atoms with Gasteiger partial charge in [0.2, 0.25) is 6.29 Å². The third kappa shape index (κ3) is 2.59. The molecule has 0 aromatic rings. The molecular formula is C14H24N2O8. The van der Waals surface area contributed by atoms with Crippen LogP contribution in [0.4, 0.5) is 0 Å². The lowest BCUT2D eigenvalue weighted by atomic mass is 9.80. The number of Topliss-reactive ketones (excluding diaryl/α,β-unsaturated/α-hetero) is 1. The number of ether oxygens (including phenoxy) is 3. The first kappa shape index (κ1) is 18.1. The Bertz CT molecular complexity index is 493. The maximum atomic E-state index is 12.3. The molecule has 3 aliphatic rings. The molecule has 138 valence electrons. The maximum absolute atomic E-state index is 12.3. The number of fused-ring (bicyclic) bond motifs is 2. The number of aliphatic hydroxyl groups excluding tert-OH is 3. The average Bonchev–Trinajstić information content (AvgIpc) is 2.55. The van der Waals surface area contributed by atoms with Crippen molar-refractivity contribution in [2.45, 2.75) is 61.1 Å². The highest BCUT2D eigenvalue weighted by molar-refractivity contribution is 5.87. The lowest BCUT2D eigenvalue weighted by molar-refractivity contribution is -0.421. The van der Waals surface area contributed by atoms with E-state index in [0.717, 1.165) is 0 Å². The standard InChI is InChI=1S/C14H24N2O8/c1-15-7-9(19)8(16-2)11-12(10(7)20)23-13-14(21,24-11)6(18)3-5(4-17)22-13/h5,7-13,15-17,19-21H,3-4H2,1-2H3/t5-,7+,8-,9-,10-,11+,12+,13-,14-/m0/s1. The van der Waals surface area contributed by atoms with Gasteiger partial charge in [-0.15, -0.1) is 0 Å². The number of rotatable bonds is 3. The molecule has 3 fully saturated rings. The quantitative estimate of drug-likeness (QED) is 0.298. The number of carbonyl (C=O) groups is 1. The Labute approximate surface area is 138 Å². The lowest BCUT2D eigenvalue weighted by Gasteiger charge is -2.55. The normalized spacial score (nSPS) is 51.8. The van der Waals surface area contributed by atoms with Crippen LogP contribution in [0.2, 0.25) is 0 Å². The van der Waals surface area contributed by atoms with Crippen molar-refractivity contribution >= 4 is 5.78 Å². The van der Waals surface area contributed by atoms with Crippen LogP contribution in [0.3, 0.4) is 0 Å². The largest absolute Gasteiger partial charge is 0.394 e. The SMILES string of the molecule is CN[C@@H]1[C@H](O)[C@H](NC)[C@H]2O[C@@]3(O)C(=O)C[C@@H](CO)O[C@H]3O[C@@H]2[C@H]1O. The number of likely N-dealkylation sites (N-methyl/N-ethyl adjacent to an activating group) is 2. The summed E-state index contributed by atoms with van der Waals surface area (Å²) in [6, 6.07) is -1.39. The molecule has 1 saturated carbocycles. The zero-order chi connectivity index (χ0) is 17.6. The highest BCUT2D eigenvalue weighted by atomic mass is 16.8. The van der Waals surface area contributed by atoms with Crippen molar-refractivity contribution in [3.63, 3.8) is 0 Å². The molecule has 0 radical (unpaired) electrons. The molecule has 0 aromatic carbocycles. The van der Waals surface area contributed by atoms with E-state index in [1.54, 1.807) is 14.1 Å². The van der Waals surface area contributed by atoms with Crippen LogP contribution < -0.4 is 10.6 Å². The molecule has 0 amide bonds. The zero-order valence-electron chi connectivity index (χ0n) is 13.5. The van der Waals surface area contributed by atoms with Gasteiger partial charge in [-0.3, -0.25) is 4.79 Å². The smallest absolute Gasteiger partial charge is 0.280 e. The van der Waals surface area contributed by atoms with E-state index in [9.17, 15) is 25.2 Å². The molecule has 3 rings (SSSR count). The predicted octanol–water partition coefficient (Wildman–Crippen LogP) is -3.95. The van der Waals surface area contributed by atoms with Gasteiger partial charge in [-0.05, 0) is 14.1 Å². The van der Waals surface area contributed by atoms with Crippen LogP contribution in [0.1, 0.15) is 6.42 Å². The summed E-state index contributed by atoms with van der Waals surface area (Å²) < 4.78 is 16.6. The third-order valence-electron chi connectivity index (χ3n) is 5.03. The molecule has 1 aliphatic carbocycles. The monoisotopic (exact) mass is 348 g/mol. The summed E-state index contributed by atoms with van der Waals surface area (Å²) in [7, 11) is 3.18. The van der Waals surface area contributed by atoms with Gasteiger partial charge >= 0.3 is 0 Å². The van der Waals surface area contributed by atoms with Crippen LogP contribution in [0.15, 0.2) is 0 Å². The second-order valence-electron chi connectivity index (χ2n) is 6.39. The molecule has 24 heavy (non-hydrogen) atoms. The van der Waals surface area contributed by atoms with E-state index in [1.807, 2.05) is 0 Å². The van der Waals surface area contributed by atoms with E-state index < -0.39 is 67.1 Å². The molecule has 2 aliphatic heterocycles. The first-order chi connectivity index (χ1) is 11.4. The van der Waals surface area contributed by atoms with Crippen LogP contribution in [0, 0.1) is 0 Å². The molecule has 0 spiro atoms. The van der Waals surface area contributed by atoms with E-state index in [-0.39, 0.29) is 6.42 Å². The summed E-state index contributed by atoms with van der Waals surface area (Å²) in [4.78, 5) is 12.3. The number of hydrogen-bond donors (Lipinski definition) is 6. The molecule has 2 saturated heterocycles. The van der Waals surface area contributed by atoms with E-state index in [1.165, 1.54) is 0 Å². The van der Waals surface area contributed by atoms with Crippen molar-refractivity contribution < 1.29 is 39.4 Å². The summed E-state index contributed by atoms with van der Waals surface area (Å²) >= 11 is 0. The lowest BCUT2D eigenvalue weighted by Crippen LogP contribution is -2.77. The minimum atomic E-state index is -2.34. The minimum absolute atomic E-state index is 0.223. The molecule has 9 atom stereocenters. The Morgan fingerprint density at radius 3 is 2.38 bits per heavy atom. The molecule has 0 bridgehead atoms. The van der Waals surface area contributed by atoms with Crippen LogP contribution in [-0.2, 0) is 19.0 Å². The Kier molecular flexibility index (Phi) is 4.95.